The average Bonchev–Trinajstić information content (AvgIpc) is 3.36. The van der Waals surface area contributed by atoms with E-state index in [1.165, 1.54) is 16.9 Å². The van der Waals surface area contributed by atoms with E-state index in [0.717, 1.165) is 28.0 Å². The van der Waals surface area contributed by atoms with Gasteiger partial charge < -0.3 is 4.57 Å². The monoisotopic (exact) mass is 421 g/mol. The van der Waals surface area contributed by atoms with Gasteiger partial charge in [-0.2, -0.15) is 0 Å². The van der Waals surface area contributed by atoms with E-state index in [9.17, 15) is 4.79 Å². The third-order valence-corrected chi connectivity index (χ3v) is 6.37. The number of aromatic nitrogens is 4. The molecule has 0 atom stereocenters. The Morgan fingerprint density at radius 2 is 1.86 bits per heavy atom. The summed E-state index contributed by atoms with van der Waals surface area (Å²) in [6.45, 7) is 2.70. The zero-order valence-corrected chi connectivity index (χ0v) is 17.4. The molecule has 29 heavy (non-hydrogen) atoms. The molecule has 0 fully saturated rings. The summed E-state index contributed by atoms with van der Waals surface area (Å²) < 4.78 is 2.89. The number of hydrogen-bond donors (Lipinski definition) is 1. The van der Waals surface area contributed by atoms with Crippen LogP contribution in [0.5, 0.6) is 0 Å². The Morgan fingerprint density at radius 3 is 2.59 bits per heavy atom. The standard InChI is InChI=1S/C21H19N5OS2/c1-15-22-11-12-26(15)13-16-7-9-18(10-8-16)19(27)23-20-24-25-21(29-20)28-14-17-5-3-2-4-6-17/h2-12H,13-14H2,1H3,(H,23,24,27). The van der Waals surface area contributed by atoms with Gasteiger partial charge in [-0.25, -0.2) is 4.98 Å². The molecule has 0 spiro atoms. The van der Waals surface area contributed by atoms with Crippen LogP contribution in [0, 0.1) is 6.92 Å². The predicted octanol–water partition coefficient (Wildman–Crippen LogP) is 4.64. The van der Waals surface area contributed by atoms with Crippen molar-refractivity contribution in [2.24, 2.45) is 0 Å². The minimum Gasteiger partial charge on any atom is -0.331 e. The molecule has 2 aromatic heterocycles. The highest BCUT2D eigenvalue weighted by atomic mass is 32.2. The topological polar surface area (TPSA) is 72.7 Å². The van der Waals surface area contributed by atoms with Crippen LogP contribution in [0.15, 0.2) is 71.3 Å². The van der Waals surface area contributed by atoms with E-state index in [1.807, 2.05) is 55.6 Å². The molecule has 1 amide bonds. The second kappa shape index (κ2) is 9.02. The van der Waals surface area contributed by atoms with Gasteiger partial charge >= 0.3 is 0 Å². The number of anilines is 1. The van der Waals surface area contributed by atoms with E-state index in [-0.39, 0.29) is 5.91 Å². The van der Waals surface area contributed by atoms with E-state index >= 15 is 0 Å². The Balaban J connectivity index is 1.33. The van der Waals surface area contributed by atoms with Gasteiger partial charge in [0, 0.05) is 30.3 Å². The van der Waals surface area contributed by atoms with E-state index in [2.05, 4.69) is 37.2 Å². The zero-order chi connectivity index (χ0) is 20.1. The molecule has 8 heteroatoms. The predicted molar refractivity (Wildman–Crippen MR) is 116 cm³/mol. The van der Waals surface area contributed by atoms with Crippen molar-refractivity contribution in [1.29, 1.82) is 0 Å². The van der Waals surface area contributed by atoms with Crippen molar-refractivity contribution in [3.63, 3.8) is 0 Å². The van der Waals surface area contributed by atoms with Crippen molar-refractivity contribution < 1.29 is 4.79 Å². The molecular formula is C21H19N5OS2. The second-order valence-electron chi connectivity index (χ2n) is 6.40. The number of thioether (sulfide) groups is 1. The summed E-state index contributed by atoms with van der Waals surface area (Å²) in [5.74, 6) is 1.59. The summed E-state index contributed by atoms with van der Waals surface area (Å²) >= 11 is 2.99. The fourth-order valence-corrected chi connectivity index (χ4v) is 4.44. The van der Waals surface area contributed by atoms with Gasteiger partial charge in [0.15, 0.2) is 4.34 Å². The van der Waals surface area contributed by atoms with E-state index in [1.54, 1.807) is 18.0 Å². The van der Waals surface area contributed by atoms with Crippen molar-refractivity contribution in [2.75, 3.05) is 5.32 Å². The molecule has 0 aliphatic rings. The first-order chi connectivity index (χ1) is 14.2. The number of amides is 1. The summed E-state index contributed by atoms with van der Waals surface area (Å²) in [5.41, 5.74) is 2.92. The maximum absolute atomic E-state index is 12.5. The molecule has 4 aromatic rings. The van der Waals surface area contributed by atoms with Crippen LogP contribution >= 0.6 is 23.1 Å². The maximum atomic E-state index is 12.5. The lowest BCUT2D eigenvalue weighted by Crippen LogP contribution is -2.11. The lowest BCUT2D eigenvalue weighted by atomic mass is 10.1. The average molecular weight is 422 g/mol. The number of nitrogens with zero attached hydrogens (tertiary/aromatic N) is 4. The van der Waals surface area contributed by atoms with Crippen LogP contribution in [0.3, 0.4) is 0 Å². The molecule has 0 aliphatic heterocycles. The Labute approximate surface area is 177 Å². The second-order valence-corrected chi connectivity index (χ2v) is 8.60. The molecule has 2 heterocycles. The van der Waals surface area contributed by atoms with Crippen LogP contribution in [-0.2, 0) is 12.3 Å². The van der Waals surface area contributed by atoms with Crippen LogP contribution in [0.4, 0.5) is 5.13 Å². The Kier molecular flexibility index (Phi) is 6.02. The smallest absolute Gasteiger partial charge is 0.257 e. The van der Waals surface area contributed by atoms with Gasteiger partial charge in [0.25, 0.3) is 5.91 Å². The van der Waals surface area contributed by atoms with Crippen molar-refractivity contribution >= 4 is 34.1 Å². The van der Waals surface area contributed by atoms with Gasteiger partial charge in [-0.05, 0) is 30.2 Å². The highest BCUT2D eigenvalue weighted by Crippen LogP contribution is 2.28. The molecular weight excluding hydrogens is 402 g/mol. The first kappa shape index (κ1) is 19.4. The van der Waals surface area contributed by atoms with Gasteiger partial charge in [0.05, 0.1) is 0 Å². The van der Waals surface area contributed by atoms with Crippen LogP contribution in [0.25, 0.3) is 0 Å². The molecule has 4 rings (SSSR count). The first-order valence-electron chi connectivity index (χ1n) is 9.05. The lowest BCUT2D eigenvalue weighted by molar-refractivity contribution is 0.102. The fraction of sp³-hybridized carbons (Fsp3) is 0.143. The van der Waals surface area contributed by atoms with Crippen molar-refractivity contribution in [2.45, 2.75) is 23.6 Å². The van der Waals surface area contributed by atoms with Gasteiger partial charge in [-0.15, -0.1) is 10.2 Å². The third kappa shape index (κ3) is 5.10. The minimum atomic E-state index is -0.189. The van der Waals surface area contributed by atoms with E-state index < -0.39 is 0 Å². The number of imidazole rings is 1. The number of carbonyl (C=O) groups excluding carboxylic acids is 1. The normalized spacial score (nSPS) is 10.8. The number of aryl methyl sites for hydroxylation is 1. The largest absolute Gasteiger partial charge is 0.331 e. The third-order valence-electron chi connectivity index (χ3n) is 4.32. The summed E-state index contributed by atoms with van der Waals surface area (Å²) in [4.78, 5) is 16.7. The molecule has 0 bridgehead atoms. The maximum Gasteiger partial charge on any atom is 0.257 e. The van der Waals surface area contributed by atoms with Crippen molar-refractivity contribution in [1.82, 2.24) is 19.7 Å². The number of benzene rings is 2. The molecule has 0 aliphatic carbocycles. The van der Waals surface area contributed by atoms with E-state index in [0.29, 0.717) is 10.7 Å². The number of hydrogen-bond acceptors (Lipinski definition) is 6. The Bertz CT molecular complexity index is 1090. The minimum absolute atomic E-state index is 0.189. The van der Waals surface area contributed by atoms with Gasteiger partial charge in [0.2, 0.25) is 5.13 Å². The van der Waals surface area contributed by atoms with Gasteiger partial charge in [0.1, 0.15) is 5.82 Å². The highest BCUT2D eigenvalue weighted by molar-refractivity contribution is 8.00. The summed E-state index contributed by atoms with van der Waals surface area (Å²) in [7, 11) is 0. The molecule has 6 nitrogen and oxygen atoms in total. The van der Waals surface area contributed by atoms with Gasteiger partial charge in [-0.1, -0.05) is 65.6 Å². The molecule has 0 saturated heterocycles. The van der Waals surface area contributed by atoms with Crippen LogP contribution < -0.4 is 5.32 Å². The first-order valence-corrected chi connectivity index (χ1v) is 10.9. The Hall–Kier alpha value is -2.97. The Morgan fingerprint density at radius 1 is 1.07 bits per heavy atom. The quantitative estimate of drug-likeness (QED) is 0.348. The molecule has 2 aromatic carbocycles. The highest BCUT2D eigenvalue weighted by Gasteiger charge is 2.11. The van der Waals surface area contributed by atoms with Crippen LogP contribution in [0.1, 0.15) is 27.3 Å². The van der Waals surface area contributed by atoms with Crippen LogP contribution in [-0.4, -0.2) is 25.7 Å². The molecule has 1 N–H and O–H groups in total. The molecule has 0 unspecified atom stereocenters. The molecule has 0 radical (unpaired) electrons. The zero-order valence-electron chi connectivity index (χ0n) is 15.8. The van der Waals surface area contributed by atoms with Crippen LogP contribution in [0.2, 0.25) is 0 Å². The molecule has 146 valence electrons. The number of rotatable bonds is 7. The summed E-state index contributed by atoms with van der Waals surface area (Å²) in [6.07, 6.45) is 3.73. The molecule has 0 saturated carbocycles. The number of nitrogens with one attached hydrogen (secondary N) is 1. The van der Waals surface area contributed by atoms with Crippen molar-refractivity contribution in [3.05, 3.63) is 89.5 Å². The lowest BCUT2D eigenvalue weighted by Gasteiger charge is -2.06. The fourth-order valence-electron chi connectivity index (χ4n) is 2.74. The summed E-state index contributed by atoms with van der Waals surface area (Å²) in [6, 6.07) is 17.7. The summed E-state index contributed by atoms with van der Waals surface area (Å²) in [5, 5.41) is 11.6. The van der Waals surface area contributed by atoms with Crippen molar-refractivity contribution in [3.8, 4) is 0 Å². The van der Waals surface area contributed by atoms with Gasteiger partial charge in [-0.3, -0.25) is 10.1 Å². The number of carbonyl (C=O) groups is 1. The van der Waals surface area contributed by atoms with E-state index in [4.69, 9.17) is 0 Å². The SMILES string of the molecule is Cc1nccn1Cc1ccc(C(=O)Nc2nnc(SCc3ccccc3)s2)cc1.